The molecule has 26 heavy (non-hydrogen) atoms. The Hall–Kier alpha value is -2.12. The maximum absolute atomic E-state index is 12.1. The van der Waals surface area contributed by atoms with Gasteiger partial charge in [0.25, 0.3) is 0 Å². The van der Waals surface area contributed by atoms with Gasteiger partial charge in [-0.3, -0.25) is 4.79 Å². The van der Waals surface area contributed by atoms with Gasteiger partial charge in [0.05, 0.1) is 25.9 Å². The Morgan fingerprint density at radius 1 is 1.15 bits per heavy atom. The molecule has 7 heteroatoms. The number of ether oxygens (including phenoxy) is 3. The third kappa shape index (κ3) is 7.41. The molecule has 1 N–H and O–H groups in total. The van der Waals surface area contributed by atoms with Gasteiger partial charge in [0.1, 0.15) is 6.61 Å². The largest absolute Gasteiger partial charge is 0.465 e. The van der Waals surface area contributed by atoms with Crippen LogP contribution in [0.25, 0.3) is 0 Å². The van der Waals surface area contributed by atoms with E-state index in [2.05, 4.69) is 5.32 Å². The van der Waals surface area contributed by atoms with E-state index >= 15 is 0 Å². The van der Waals surface area contributed by atoms with E-state index in [-0.39, 0.29) is 24.7 Å². The topological polar surface area (TPSA) is 77.1 Å². The van der Waals surface area contributed by atoms with Gasteiger partial charge in [-0.05, 0) is 25.3 Å². The standard InChI is InChI=1S/C19H28N2O5/c1-2-24-18(22)14-20-10-13-25-17-8-11-21(12-9-17)19(23)26-15-16-6-4-3-5-7-16/h3-7,17,20H,2,8-15H2,1H3. The SMILES string of the molecule is CCOC(=O)CNCCOC1CCN(C(=O)OCc2ccccc2)CC1. The summed E-state index contributed by atoms with van der Waals surface area (Å²) in [5.41, 5.74) is 0.981. The molecule has 0 radical (unpaired) electrons. The number of amides is 1. The minimum atomic E-state index is -0.275. The highest BCUT2D eigenvalue weighted by Crippen LogP contribution is 2.15. The van der Waals surface area contributed by atoms with Crippen molar-refractivity contribution < 1.29 is 23.8 Å². The molecule has 1 aliphatic heterocycles. The molecule has 1 aliphatic rings. The van der Waals surface area contributed by atoms with Gasteiger partial charge in [0.2, 0.25) is 0 Å². The first-order valence-corrected chi connectivity index (χ1v) is 9.12. The second kappa shape index (κ2) is 11.5. The maximum Gasteiger partial charge on any atom is 0.410 e. The Balaban J connectivity index is 1.54. The van der Waals surface area contributed by atoms with E-state index in [0.717, 1.165) is 18.4 Å². The van der Waals surface area contributed by atoms with Crippen molar-refractivity contribution in [2.24, 2.45) is 0 Å². The lowest BCUT2D eigenvalue weighted by Crippen LogP contribution is -2.41. The number of hydrogen-bond donors (Lipinski definition) is 1. The minimum Gasteiger partial charge on any atom is -0.465 e. The zero-order valence-electron chi connectivity index (χ0n) is 15.3. The summed E-state index contributed by atoms with van der Waals surface area (Å²) in [4.78, 5) is 25.0. The summed E-state index contributed by atoms with van der Waals surface area (Å²) >= 11 is 0. The average molecular weight is 364 g/mol. The molecule has 0 unspecified atom stereocenters. The summed E-state index contributed by atoms with van der Waals surface area (Å²) in [6.45, 7) is 5.06. The van der Waals surface area contributed by atoms with Gasteiger partial charge in [0.15, 0.2) is 0 Å². The highest BCUT2D eigenvalue weighted by molar-refractivity contribution is 5.71. The third-order valence-corrected chi connectivity index (χ3v) is 4.11. The van der Waals surface area contributed by atoms with Crippen molar-refractivity contribution in [2.45, 2.75) is 32.5 Å². The first-order chi connectivity index (χ1) is 12.7. The van der Waals surface area contributed by atoms with Gasteiger partial charge < -0.3 is 24.4 Å². The van der Waals surface area contributed by atoms with Crippen LogP contribution >= 0.6 is 0 Å². The van der Waals surface area contributed by atoms with E-state index in [0.29, 0.717) is 39.5 Å². The fourth-order valence-corrected chi connectivity index (χ4v) is 2.72. The molecule has 144 valence electrons. The van der Waals surface area contributed by atoms with Crippen LogP contribution < -0.4 is 5.32 Å². The van der Waals surface area contributed by atoms with E-state index in [1.165, 1.54) is 0 Å². The van der Waals surface area contributed by atoms with Gasteiger partial charge in [-0.25, -0.2) is 4.79 Å². The molecule has 1 aromatic rings. The number of likely N-dealkylation sites (tertiary alicyclic amines) is 1. The second-order valence-corrected chi connectivity index (χ2v) is 6.08. The zero-order valence-corrected chi connectivity index (χ0v) is 15.3. The number of nitrogens with one attached hydrogen (secondary N) is 1. The lowest BCUT2D eigenvalue weighted by Gasteiger charge is -2.31. The number of carbonyl (C=O) groups excluding carboxylic acids is 2. The van der Waals surface area contributed by atoms with Crippen LogP contribution in [-0.4, -0.2) is 62.5 Å². The molecule has 1 amide bonds. The van der Waals surface area contributed by atoms with Crippen LogP contribution in [0, 0.1) is 0 Å². The Kier molecular flexibility index (Phi) is 8.92. The summed E-state index contributed by atoms with van der Waals surface area (Å²) < 4.78 is 16.0. The van der Waals surface area contributed by atoms with Crippen molar-refractivity contribution in [1.82, 2.24) is 10.2 Å². The number of piperidine rings is 1. The number of nitrogens with zero attached hydrogens (tertiary/aromatic N) is 1. The molecule has 0 aromatic heterocycles. The first kappa shape index (κ1) is 20.2. The second-order valence-electron chi connectivity index (χ2n) is 6.08. The molecular formula is C19H28N2O5. The molecule has 1 aromatic carbocycles. The Labute approximate surface area is 154 Å². The number of benzene rings is 1. The normalized spacial score (nSPS) is 14.9. The predicted octanol–water partition coefficient (Wildman–Crippen LogP) is 1.96. The highest BCUT2D eigenvalue weighted by atomic mass is 16.6. The van der Waals surface area contributed by atoms with Crippen molar-refractivity contribution in [1.29, 1.82) is 0 Å². The Morgan fingerprint density at radius 2 is 1.88 bits per heavy atom. The predicted molar refractivity (Wildman–Crippen MR) is 96.7 cm³/mol. The van der Waals surface area contributed by atoms with Crippen molar-refractivity contribution in [3.8, 4) is 0 Å². The van der Waals surface area contributed by atoms with Crippen molar-refractivity contribution >= 4 is 12.1 Å². The van der Waals surface area contributed by atoms with E-state index in [4.69, 9.17) is 14.2 Å². The smallest absolute Gasteiger partial charge is 0.410 e. The minimum absolute atomic E-state index is 0.137. The van der Waals surface area contributed by atoms with Gasteiger partial charge >= 0.3 is 12.1 Å². The molecule has 0 spiro atoms. The number of esters is 1. The maximum atomic E-state index is 12.1. The molecule has 0 bridgehead atoms. The van der Waals surface area contributed by atoms with Crippen molar-refractivity contribution in [3.05, 3.63) is 35.9 Å². The Bertz CT molecular complexity index is 544. The van der Waals surface area contributed by atoms with Crippen LogP contribution in [-0.2, 0) is 25.6 Å². The van der Waals surface area contributed by atoms with E-state index < -0.39 is 0 Å². The van der Waals surface area contributed by atoms with Gasteiger partial charge in [0, 0.05) is 19.6 Å². The summed E-state index contributed by atoms with van der Waals surface area (Å²) in [6, 6.07) is 9.65. The molecule has 2 rings (SSSR count). The van der Waals surface area contributed by atoms with Crippen LogP contribution in [0.5, 0.6) is 0 Å². The molecule has 0 saturated carbocycles. The van der Waals surface area contributed by atoms with Gasteiger partial charge in [-0.2, -0.15) is 0 Å². The van der Waals surface area contributed by atoms with E-state index in [9.17, 15) is 9.59 Å². The zero-order chi connectivity index (χ0) is 18.6. The highest BCUT2D eigenvalue weighted by Gasteiger charge is 2.24. The quantitative estimate of drug-likeness (QED) is 0.533. The molecule has 1 saturated heterocycles. The van der Waals surface area contributed by atoms with Crippen LogP contribution in [0.1, 0.15) is 25.3 Å². The fourth-order valence-electron chi connectivity index (χ4n) is 2.72. The summed E-state index contributed by atoms with van der Waals surface area (Å²) in [5.74, 6) is -0.255. The van der Waals surface area contributed by atoms with Crippen molar-refractivity contribution in [2.75, 3.05) is 39.4 Å². The lowest BCUT2D eigenvalue weighted by molar-refractivity contribution is -0.142. The lowest BCUT2D eigenvalue weighted by atomic mass is 10.1. The van der Waals surface area contributed by atoms with E-state index in [1.807, 2.05) is 30.3 Å². The van der Waals surface area contributed by atoms with Gasteiger partial charge in [-0.1, -0.05) is 30.3 Å². The fraction of sp³-hybridized carbons (Fsp3) is 0.579. The number of hydrogen-bond acceptors (Lipinski definition) is 6. The average Bonchev–Trinajstić information content (AvgIpc) is 2.67. The Morgan fingerprint density at radius 3 is 2.58 bits per heavy atom. The van der Waals surface area contributed by atoms with Crippen LogP contribution in [0.3, 0.4) is 0 Å². The van der Waals surface area contributed by atoms with Gasteiger partial charge in [-0.15, -0.1) is 0 Å². The van der Waals surface area contributed by atoms with Crippen molar-refractivity contribution in [3.63, 3.8) is 0 Å². The molecular weight excluding hydrogens is 336 g/mol. The van der Waals surface area contributed by atoms with Crippen LogP contribution in [0.2, 0.25) is 0 Å². The number of rotatable bonds is 9. The molecule has 1 heterocycles. The van der Waals surface area contributed by atoms with E-state index in [1.54, 1.807) is 11.8 Å². The molecule has 0 atom stereocenters. The summed E-state index contributed by atoms with van der Waals surface area (Å²) in [5, 5.41) is 2.98. The molecule has 0 aliphatic carbocycles. The molecule has 1 fully saturated rings. The van der Waals surface area contributed by atoms with Crippen LogP contribution in [0.15, 0.2) is 30.3 Å². The third-order valence-electron chi connectivity index (χ3n) is 4.11. The van der Waals surface area contributed by atoms with Crippen LogP contribution in [0.4, 0.5) is 4.79 Å². The monoisotopic (exact) mass is 364 g/mol. The first-order valence-electron chi connectivity index (χ1n) is 9.12. The number of carbonyl (C=O) groups is 2. The summed E-state index contributed by atoms with van der Waals surface area (Å²) in [7, 11) is 0. The molecule has 7 nitrogen and oxygen atoms in total. The summed E-state index contributed by atoms with van der Waals surface area (Å²) in [6.07, 6.45) is 1.44.